The van der Waals surface area contributed by atoms with Crippen molar-refractivity contribution in [2.45, 2.75) is 39.0 Å². The van der Waals surface area contributed by atoms with Crippen LogP contribution in [-0.2, 0) is 4.79 Å². The van der Waals surface area contributed by atoms with Gasteiger partial charge in [0.1, 0.15) is 6.04 Å². The average molecular weight is 187 g/mol. The van der Waals surface area contributed by atoms with Crippen molar-refractivity contribution in [3.8, 4) is 0 Å². The Hall–Kier alpha value is -0.610. The second-order valence-corrected chi connectivity index (χ2v) is 3.95. The van der Waals surface area contributed by atoms with Gasteiger partial charge in [0.25, 0.3) is 0 Å². The van der Waals surface area contributed by atoms with Gasteiger partial charge in [-0.1, -0.05) is 6.92 Å². The molecular weight excluding hydrogens is 170 g/mol. The minimum atomic E-state index is -0.831. The molecule has 0 aliphatic carbocycles. The van der Waals surface area contributed by atoms with Crippen LogP contribution in [-0.4, -0.2) is 34.4 Å². The molecule has 1 aliphatic heterocycles. The minimum Gasteiger partial charge on any atom is -0.480 e. The van der Waals surface area contributed by atoms with E-state index in [0.29, 0.717) is 0 Å². The van der Waals surface area contributed by atoms with E-state index in [2.05, 4.69) is 5.32 Å². The number of carboxylic acids is 1. The first-order valence-corrected chi connectivity index (χ1v) is 4.62. The predicted octanol–water partition coefficient (Wildman–Crippen LogP) is 0.0644. The Morgan fingerprint density at radius 2 is 2.00 bits per heavy atom. The molecule has 0 saturated carbocycles. The lowest BCUT2D eigenvalue weighted by molar-refractivity contribution is -0.140. The van der Waals surface area contributed by atoms with Crippen molar-refractivity contribution in [1.82, 2.24) is 5.32 Å². The summed E-state index contributed by atoms with van der Waals surface area (Å²) in [5, 5.41) is 21.3. The Morgan fingerprint density at radius 1 is 1.46 bits per heavy atom. The molecule has 13 heavy (non-hydrogen) atoms. The van der Waals surface area contributed by atoms with Crippen LogP contribution in [0.2, 0.25) is 0 Å². The molecule has 3 N–H and O–H groups in total. The molecule has 1 aliphatic rings. The zero-order valence-electron chi connectivity index (χ0n) is 8.19. The van der Waals surface area contributed by atoms with Crippen LogP contribution in [0.3, 0.4) is 0 Å². The van der Waals surface area contributed by atoms with Crippen molar-refractivity contribution in [3.63, 3.8) is 0 Å². The van der Waals surface area contributed by atoms with Gasteiger partial charge in [-0.3, -0.25) is 4.79 Å². The lowest BCUT2D eigenvalue weighted by Gasteiger charge is -2.22. The summed E-state index contributed by atoms with van der Waals surface area (Å²) in [6.07, 6.45) is -0.457. The van der Waals surface area contributed by atoms with E-state index in [1.165, 1.54) is 0 Å². The molecule has 0 bridgehead atoms. The Bertz CT molecular complexity index is 205. The molecule has 4 heteroatoms. The van der Waals surface area contributed by atoms with Crippen molar-refractivity contribution in [1.29, 1.82) is 0 Å². The Morgan fingerprint density at radius 3 is 2.23 bits per heavy atom. The number of hydrogen-bond donors (Lipinski definition) is 3. The maximum atomic E-state index is 10.8. The van der Waals surface area contributed by atoms with E-state index >= 15 is 0 Å². The van der Waals surface area contributed by atoms with Crippen molar-refractivity contribution < 1.29 is 15.0 Å². The number of hydrogen-bond acceptors (Lipinski definition) is 3. The first-order chi connectivity index (χ1) is 5.95. The molecule has 0 unspecified atom stereocenters. The second-order valence-electron chi connectivity index (χ2n) is 3.95. The summed E-state index contributed by atoms with van der Waals surface area (Å²) in [4.78, 5) is 10.8. The van der Waals surface area contributed by atoms with Crippen molar-refractivity contribution >= 4 is 5.97 Å². The highest BCUT2D eigenvalue weighted by atomic mass is 16.4. The fourth-order valence-corrected chi connectivity index (χ4v) is 2.38. The minimum absolute atomic E-state index is 0.0208. The standard InChI is InChI=1S/C9H17NO3/c1-4-7(6(3)11)5(2)10-8(4)9(12)13/h4-8,10-11H,1-3H3,(H,12,13)/t4-,5+,6+,7+,8-/m1/s1. The molecule has 0 aromatic rings. The SMILES string of the molecule is C[C@@H]1[C@H]([C@H](C)O)[C@H](C)N[C@H]1C(=O)O. The first kappa shape index (κ1) is 10.5. The van der Waals surface area contributed by atoms with Crippen molar-refractivity contribution in [2.24, 2.45) is 11.8 Å². The molecule has 1 heterocycles. The third-order valence-electron chi connectivity index (χ3n) is 2.98. The van der Waals surface area contributed by atoms with Crippen LogP contribution in [0.1, 0.15) is 20.8 Å². The number of carbonyl (C=O) groups is 1. The molecule has 4 nitrogen and oxygen atoms in total. The zero-order chi connectivity index (χ0) is 10.2. The summed E-state index contributed by atoms with van der Waals surface area (Å²) in [7, 11) is 0. The van der Waals surface area contributed by atoms with Gasteiger partial charge in [0.2, 0.25) is 0 Å². The number of carboxylic acid groups (broad SMARTS) is 1. The fourth-order valence-electron chi connectivity index (χ4n) is 2.38. The largest absolute Gasteiger partial charge is 0.480 e. The third kappa shape index (κ3) is 1.84. The molecule has 1 saturated heterocycles. The van der Waals surface area contributed by atoms with Crippen molar-refractivity contribution in [3.05, 3.63) is 0 Å². The molecule has 5 atom stereocenters. The van der Waals surface area contributed by atoms with Gasteiger partial charge in [0.15, 0.2) is 0 Å². The van der Waals surface area contributed by atoms with Gasteiger partial charge in [0.05, 0.1) is 6.10 Å². The Balaban J connectivity index is 2.75. The van der Waals surface area contributed by atoms with E-state index in [-0.39, 0.29) is 17.9 Å². The summed E-state index contributed by atoms with van der Waals surface area (Å²) in [6, 6.07) is -0.453. The molecule has 1 rings (SSSR count). The highest BCUT2D eigenvalue weighted by Gasteiger charge is 2.43. The molecule has 0 aromatic carbocycles. The molecule has 0 spiro atoms. The number of aliphatic carboxylic acids is 1. The lowest BCUT2D eigenvalue weighted by atomic mass is 9.85. The second kappa shape index (κ2) is 3.64. The van der Waals surface area contributed by atoms with Crippen LogP contribution in [0, 0.1) is 11.8 Å². The topological polar surface area (TPSA) is 69.6 Å². The number of aliphatic hydroxyl groups is 1. The Kier molecular flexibility index (Phi) is 2.93. The van der Waals surface area contributed by atoms with Gasteiger partial charge >= 0.3 is 5.97 Å². The van der Waals surface area contributed by atoms with Gasteiger partial charge in [-0.15, -0.1) is 0 Å². The van der Waals surface area contributed by atoms with E-state index in [1.54, 1.807) is 6.92 Å². The summed E-state index contributed by atoms with van der Waals surface area (Å²) in [5.74, 6) is -0.823. The number of aliphatic hydroxyl groups excluding tert-OH is 1. The van der Waals surface area contributed by atoms with E-state index in [0.717, 1.165) is 0 Å². The average Bonchev–Trinajstić information content (AvgIpc) is 2.26. The molecule has 76 valence electrons. The van der Waals surface area contributed by atoms with Crippen LogP contribution in [0.4, 0.5) is 0 Å². The van der Waals surface area contributed by atoms with Gasteiger partial charge < -0.3 is 15.5 Å². The molecular formula is C9H17NO3. The quantitative estimate of drug-likeness (QED) is 0.572. The number of nitrogens with one attached hydrogen (secondary N) is 1. The first-order valence-electron chi connectivity index (χ1n) is 4.62. The normalized spacial score (nSPS) is 41.8. The summed E-state index contributed by atoms with van der Waals surface area (Å²) >= 11 is 0. The van der Waals surface area contributed by atoms with Gasteiger partial charge in [0, 0.05) is 12.0 Å². The highest BCUT2D eigenvalue weighted by molar-refractivity contribution is 5.74. The van der Waals surface area contributed by atoms with Crippen LogP contribution < -0.4 is 5.32 Å². The van der Waals surface area contributed by atoms with Crippen LogP contribution in [0.15, 0.2) is 0 Å². The van der Waals surface area contributed by atoms with Crippen LogP contribution in [0.5, 0.6) is 0 Å². The molecule has 0 radical (unpaired) electrons. The monoisotopic (exact) mass is 187 g/mol. The summed E-state index contributed by atoms with van der Waals surface area (Å²) in [6.45, 7) is 5.49. The molecule has 1 fully saturated rings. The number of rotatable bonds is 2. The molecule has 0 amide bonds. The van der Waals surface area contributed by atoms with Crippen LogP contribution >= 0.6 is 0 Å². The van der Waals surface area contributed by atoms with E-state index in [4.69, 9.17) is 5.11 Å². The van der Waals surface area contributed by atoms with Gasteiger partial charge in [-0.05, 0) is 19.8 Å². The fraction of sp³-hybridized carbons (Fsp3) is 0.889. The molecule has 0 aromatic heterocycles. The van der Waals surface area contributed by atoms with Crippen LogP contribution in [0.25, 0.3) is 0 Å². The zero-order valence-corrected chi connectivity index (χ0v) is 8.19. The van der Waals surface area contributed by atoms with Gasteiger partial charge in [-0.25, -0.2) is 0 Å². The van der Waals surface area contributed by atoms with Gasteiger partial charge in [-0.2, -0.15) is 0 Å². The van der Waals surface area contributed by atoms with Crippen molar-refractivity contribution in [2.75, 3.05) is 0 Å². The maximum absolute atomic E-state index is 10.8. The summed E-state index contributed by atoms with van der Waals surface area (Å²) in [5.41, 5.74) is 0. The highest BCUT2D eigenvalue weighted by Crippen LogP contribution is 2.29. The third-order valence-corrected chi connectivity index (χ3v) is 2.98. The van der Waals surface area contributed by atoms with E-state index in [9.17, 15) is 9.90 Å². The maximum Gasteiger partial charge on any atom is 0.320 e. The Labute approximate surface area is 78.0 Å². The smallest absolute Gasteiger partial charge is 0.320 e. The lowest BCUT2D eigenvalue weighted by Crippen LogP contribution is -2.36. The van der Waals surface area contributed by atoms with E-state index in [1.807, 2.05) is 13.8 Å². The predicted molar refractivity (Wildman–Crippen MR) is 48.4 cm³/mol. The summed E-state index contributed by atoms with van der Waals surface area (Å²) < 4.78 is 0. The van der Waals surface area contributed by atoms with E-state index < -0.39 is 18.1 Å².